The van der Waals surface area contributed by atoms with E-state index < -0.39 is 0 Å². The van der Waals surface area contributed by atoms with Gasteiger partial charge < -0.3 is 5.32 Å². The average molecular weight is 290 g/mol. The Morgan fingerprint density at radius 3 is 2.65 bits per heavy atom. The third-order valence-electron chi connectivity index (χ3n) is 5.12. The summed E-state index contributed by atoms with van der Waals surface area (Å²) in [6.45, 7) is 3.49. The molecular formula is C17H26N2S. The first-order chi connectivity index (χ1) is 9.79. The van der Waals surface area contributed by atoms with Crippen molar-refractivity contribution in [2.45, 2.75) is 82.7 Å². The number of thiazole rings is 1. The maximum Gasteiger partial charge on any atom is 0.0962 e. The molecule has 1 aromatic rings. The predicted molar refractivity (Wildman–Crippen MR) is 84.3 cm³/mol. The van der Waals surface area contributed by atoms with Crippen molar-refractivity contribution in [3.05, 3.63) is 15.6 Å². The molecule has 0 amide bonds. The van der Waals surface area contributed by atoms with Gasteiger partial charge in [-0.2, -0.15) is 0 Å². The molecule has 3 saturated carbocycles. The molecule has 1 aromatic heterocycles. The lowest BCUT2D eigenvalue weighted by molar-refractivity contribution is 0.343. The highest BCUT2D eigenvalue weighted by Gasteiger charge is 2.32. The first-order valence-electron chi connectivity index (χ1n) is 8.52. The van der Waals surface area contributed by atoms with E-state index in [0.717, 1.165) is 30.3 Å². The van der Waals surface area contributed by atoms with E-state index in [4.69, 9.17) is 4.98 Å². The molecule has 3 aliphatic rings. The second-order valence-corrected chi connectivity index (χ2v) is 8.37. The number of hydrogen-bond donors (Lipinski definition) is 1. The van der Waals surface area contributed by atoms with Crippen molar-refractivity contribution in [3.63, 3.8) is 0 Å². The lowest BCUT2D eigenvalue weighted by atomic mass is 9.83. The minimum Gasteiger partial charge on any atom is -0.309 e. The third kappa shape index (κ3) is 2.94. The number of nitrogens with one attached hydrogen (secondary N) is 1. The Morgan fingerprint density at radius 1 is 1.10 bits per heavy atom. The van der Waals surface area contributed by atoms with E-state index in [1.165, 1.54) is 62.1 Å². The molecule has 1 N–H and O–H groups in total. The van der Waals surface area contributed by atoms with Gasteiger partial charge in [-0.15, -0.1) is 11.3 Å². The van der Waals surface area contributed by atoms with Gasteiger partial charge in [0.2, 0.25) is 0 Å². The van der Waals surface area contributed by atoms with Gasteiger partial charge in [-0.05, 0) is 44.4 Å². The number of hydrogen-bond acceptors (Lipinski definition) is 3. The topological polar surface area (TPSA) is 24.9 Å². The molecule has 0 aliphatic heterocycles. The molecule has 3 fully saturated rings. The minimum atomic E-state index is 0.760. The second-order valence-electron chi connectivity index (χ2n) is 7.26. The molecule has 0 aromatic carbocycles. The van der Waals surface area contributed by atoms with Crippen LogP contribution in [-0.2, 0) is 6.54 Å². The predicted octanol–water partition coefficient (Wildman–Crippen LogP) is 4.57. The van der Waals surface area contributed by atoms with Gasteiger partial charge >= 0.3 is 0 Å². The Kier molecular flexibility index (Phi) is 3.59. The van der Waals surface area contributed by atoms with Crippen LogP contribution in [0.1, 0.15) is 85.7 Å². The monoisotopic (exact) mass is 290 g/mol. The third-order valence-corrected chi connectivity index (χ3v) is 6.36. The lowest BCUT2D eigenvalue weighted by Gasteiger charge is -2.24. The molecule has 2 nitrogen and oxygen atoms in total. The molecule has 0 saturated heterocycles. The normalized spacial score (nSPS) is 30.6. The summed E-state index contributed by atoms with van der Waals surface area (Å²) < 4.78 is 0. The Labute approximate surface area is 126 Å². The van der Waals surface area contributed by atoms with Crippen LogP contribution in [0, 0.1) is 5.92 Å². The first kappa shape index (κ1) is 13.3. The van der Waals surface area contributed by atoms with Crippen molar-refractivity contribution in [1.29, 1.82) is 0 Å². The van der Waals surface area contributed by atoms with Gasteiger partial charge in [0.1, 0.15) is 0 Å². The standard InChI is InChI=1S/C17H26N2S/c1-11-3-2-4-13(9-11)17-19-16(12-5-6-12)15(20-17)10-18-14-7-8-14/h11-14,18H,2-10H2,1H3. The average Bonchev–Trinajstić information content (AvgIpc) is 3.36. The zero-order chi connectivity index (χ0) is 13.5. The lowest BCUT2D eigenvalue weighted by Crippen LogP contribution is -2.15. The van der Waals surface area contributed by atoms with Gasteiger partial charge in [0.05, 0.1) is 10.7 Å². The molecule has 3 aliphatic carbocycles. The van der Waals surface area contributed by atoms with Crippen LogP contribution >= 0.6 is 11.3 Å². The van der Waals surface area contributed by atoms with Gasteiger partial charge in [-0.1, -0.05) is 19.8 Å². The van der Waals surface area contributed by atoms with Crippen LogP contribution in [0.3, 0.4) is 0 Å². The van der Waals surface area contributed by atoms with Gasteiger partial charge in [0.25, 0.3) is 0 Å². The fraction of sp³-hybridized carbons (Fsp3) is 0.824. The van der Waals surface area contributed by atoms with Crippen molar-refractivity contribution in [3.8, 4) is 0 Å². The van der Waals surface area contributed by atoms with Crippen molar-refractivity contribution >= 4 is 11.3 Å². The number of aromatic nitrogens is 1. The van der Waals surface area contributed by atoms with Crippen LogP contribution in [0.2, 0.25) is 0 Å². The van der Waals surface area contributed by atoms with Crippen molar-refractivity contribution < 1.29 is 0 Å². The Balaban J connectivity index is 1.51. The molecule has 0 radical (unpaired) electrons. The molecular weight excluding hydrogens is 264 g/mol. The fourth-order valence-corrected chi connectivity index (χ4v) is 4.79. The molecule has 1 heterocycles. The summed E-state index contributed by atoms with van der Waals surface area (Å²) in [6.07, 6.45) is 11.1. The van der Waals surface area contributed by atoms with E-state index in [9.17, 15) is 0 Å². The molecule has 110 valence electrons. The molecule has 20 heavy (non-hydrogen) atoms. The highest BCUT2D eigenvalue weighted by atomic mass is 32.1. The summed E-state index contributed by atoms with van der Waals surface area (Å²) in [5, 5.41) is 5.16. The zero-order valence-electron chi connectivity index (χ0n) is 12.5. The fourth-order valence-electron chi connectivity index (χ4n) is 3.54. The quantitative estimate of drug-likeness (QED) is 0.859. The van der Waals surface area contributed by atoms with Gasteiger partial charge in [0, 0.05) is 29.3 Å². The minimum absolute atomic E-state index is 0.760. The van der Waals surface area contributed by atoms with E-state index in [-0.39, 0.29) is 0 Å². The summed E-state index contributed by atoms with van der Waals surface area (Å²) in [4.78, 5) is 6.67. The van der Waals surface area contributed by atoms with Crippen molar-refractivity contribution in [2.75, 3.05) is 0 Å². The number of nitrogens with zero attached hydrogens (tertiary/aromatic N) is 1. The Hall–Kier alpha value is -0.410. The van der Waals surface area contributed by atoms with Crippen LogP contribution in [-0.4, -0.2) is 11.0 Å². The SMILES string of the molecule is CC1CCCC(c2nc(C3CC3)c(CNC3CC3)s2)C1. The van der Waals surface area contributed by atoms with Gasteiger partial charge in [-0.25, -0.2) is 4.98 Å². The Morgan fingerprint density at radius 2 is 1.95 bits per heavy atom. The highest BCUT2D eigenvalue weighted by Crippen LogP contribution is 2.45. The van der Waals surface area contributed by atoms with E-state index in [1.54, 1.807) is 4.88 Å². The van der Waals surface area contributed by atoms with E-state index >= 15 is 0 Å². The highest BCUT2D eigenvalue weighted by molar-refractivity contribution is 7.11. The summed E-state index contributed by atoms with van der Waals surface area (Å²) in [7, 11) is 0. The van der Waals surface area contributed by atoms with Crippen LogP contribution in [0.4, 0.5) is 0 Å². The molecule has 0 spiro atoms. The van der Waals surface area contributed by atoms with Crippen molar-refractivity contribution in [1.82, 2.24) is 10.3 Å². The van der Waals surface area contributed by atoms with Gasteiger partial charge in [0.15, 0.2) is 0 Å². The zero-order valence-corrected chi connectivity index (χ0v) is 13.3. The van der Waals surface area contributed by atoms with Crippen LogP contribution in [0.15, 0.2) is 0 Å². The summed E-state index contributed by atoms with van der Waals surface area (Å²) in [5.74, 6) is 2.46. The van der Waals surface area contributed by atoms with Crippen LogP contribution in [0.25, 0.3) is 0 Å². The van der Waals surface area contributed by atoms with E-state index in [0.29, 0.717) is 0 Å². The molecule has 2 unspecified atom stereocenters. The first-order valence-corrected chi connectivity index (χ1v) is 9.34. The summed E-state index contributed by atoms with van der Waals surface area (Å²) in [5.41, 5.74) is 1.47. The molecule has 0 bridgehead atoms. The Bertz CT molecular complexity index is 473. The summed E-state index contributed by atoms with van der Waals surface area (Å²) in [6, 6.07) is 0.808. The van der Waals surface area contributed by atoms with Crippen LogP contribution in [0.5, 0.6) is 0 Å². The van der Waals surface area contributed by atoms with E-state index in [1.807, 2.05) is 11.3 Å². The molecule has 4 rings (SSSR count). The maximum absolute atomic E-state index is 5.11. The van der Waals surface area contributed by atoms with Crippen LogP contribution < -0.4 is 5.32 Å². The van der Waals surface area contributed by atoms with Gasteiger partial charge in [-0.3, -0.25) is 0 Å². The molecule has 2 atom stereocenters. The van der Waals surface area contributed by atoms with Crippen molar-refractivity contribution in [2.24, 2.45) is 5.92 Å². The smallest absolute Gasteiger partial charge is 0.0962 e. The number of rotatable bonds is 5. The largest absolute Gasteiger partial charge is 0.309 e. The maximum atomic E-state index is 5.11. The van der Waals surface area contributed by atoms with E-state index in [2.05, 4.69) is 12.2 Å². The summed E-state index contributed by atoms with van der Waals surface area (Å²) >= 11 is 2.03. The second kappa shape index (κ2) is 5.42. The molecule has 3 heteroatoms.